The largest absolute Gasteiger partial charge is 0.341 e. The molecule has 1 aromatic heterocycles. The number of likely N-dealkylation sites (tertiary alicyclic amines) is 1. The second-order valence-electron chi connectivity index (χ2n) is 5.77. The normalized spacial score (nSPS) is 22.7. The number of thioether (sulfide) groups is 1. The monoisotopic (exact) mass is 319 g/mol. The first-order valence-corrected chi connectivity index (χ1v) is 8.94. The summed E-state index contributed by atoms with van der Waals surface area (Å²) in [7, 11) is 0. The van der Waals surface area contributed by atoms with Gasteiger partial charge in [-0.15, -0.1) is 0 Å². The number of rotatable bonds is 3. The number of piperidine rings is 1. The van der Waals surface area contributed by atoms with Gasteiger partial charge in [0.05, 0.1) is 18.2 Å². The molecule has 2 fully saturated rings. The Bertz CT molecular complexity index is 531. The van der Waals surface area contributed by atoms with Crippen LogP contribution in [-0.2, 0) is 16.1 Å². The third kappa shape index (κ3) is 3.61. The molecule has 0 aliphatic carbocycles. The van der Waals surface area contributed by atoms with Crippen molar-refractivity contribution in [3.8, 4) is 0 Å². The lowest BCUT2D eigenvalue weighted by Gasteiger charge is -2.35. The molecule has 3 rings (SSSR count). The van der Waals surface area contributed by atoms with Crippen LogP contribution in [-0.4, -0.2) is 57.7 Å². The number of amides is 2. The van der Waals surface area contributed by atoms with Gasteiger partial charge in [0.25, 0.3) is 0 Å². The fourth-order valence-electron chi connectivity index (χ4n) is 3.00. The van der Waals surface area contributed by atoms with Crippen LogP contribution < -0.4 is 0 Å². The minimum absolute atomic E-state index is 0.0514. The van der Waals surface area contributed by atoms with Crippen molar-refractivity contribution in [2.75, 3.05) is 31.1 Å². The Morgan fingerprint density at radius 1 is 1.32 bits per heavy atom. The molecule has 6 heteroatoms. The highest BCUT2D eigenvalue weighted by Gasteiger charge is 2.33. The van der Waals surface area contributed by atoms with Crippen LogP contribution in [0.5, 0.6) is 0 Å². The van der Waals surface area contributed by atoms with Gasteiger partial charge in [0.15, 0.2) is 0 Å². The topological polar surface area (TPSA) is 53.5 Å². The highest BCUT2D eigenvalue weighted by molar-refractivity contribution is 7.99. The van der Waals surface area contributed by atoms with Crippen molar-refractivity contribution >= 4 is 23.6 Å². The van der Waals surface area contributed by atoms with Gasteiger partial charge in [-0.3, -0.25) is 14.6 Å². The number of hydrogen-bond donors (Lipinski definition) is 0. The van der Waals surface area contributed by atoms with E-state index in [1.165, 1.54) is 0 Å². The minimum atomic E-state index is -0.0514. The van der Waals surface area contributed by atoms with Crippen LogP contribution in [0, 0.1) is 5.92 Å². The fourth-order valence-corrected chi connectivity index (χ4v) is 3.90. The van der Waals surface area contributed by atoms with Crippen molar-refractivity contribution in [2.24, 2.45) is 5.92 Å². The lowest BCUT2D eigenvalue weighted by molar-refractivity contribution is -0.143. The van der Waals surface area contributed by atoms with Crippen molar-refractivity contribution in [3.63, 3.8) is 0 Å². The maximum Gasteiger partial charge on any atom is 0.227 e. The van der Waals surface area contributed by atoms with E-state index in [4.69, 9.17) is 0 Å². The van der Waals surface area contributed by atoms with E-state index in [9.17, 15) is 9.59 Å². The van der Waals surface area contributed by atoms with Crippen LogP contribution in [0.4, 0.5) is 0 Å². The SMILES string of the molecule is O=C1CC[C@H](C(=O)N2CCSCC2)CN1Cc1ccccn1. The molecule has 2 saturated heterocycles. The van der Waals surface area contributed by atoms with Crippen molar-refractivity contribution in [1.29, 1.82) is 0 Å². The van der Waals surface area contributed by atoms with Crippen LogP contribution >= 0.6 is 11.8 Å². The van der Waals surface area contributed by atoms with Gasteiger partial charge in [0.2, 0.25) is 11.8 Å². The van der Waals surface area contributed by atoms with Crippen molar-refractivity contribution in [3.05, 3.63) is 30.1 Å². The molecule has 0 N–H and O–H groups in total. The quantitative estimate of drug-likeness (QED) is 0.845. The molecule has 1 aromatic rings. The van der Waals surface area contributed by atoms with Gasteiger partial charge in [-0.2, -0.15) is 11.8 Å². The number of pyridine rings is 1. The zero-order valence-corrected chi connectivity index (χ0v) is 13.4. The molecule has 1 atom stereocenters. The number of hydrogen-bond acceptors (Lipinski definition) is 4. The van der Waals surface area contributed by atoms with E-state index in [0.29, 0.717) is 25.9 Å². The highest BCUT2D eigenvalue weighted by atomic mass is 32.2. The van der Waals surface area contributed by atoms with Gasteiger partial charge in [0.1, 0.15) is 0 Å². The number of carbonyl (C=O) groups excluding carboxylic acids is 2. The van der Waals surface area contributed by atoms with E-state index in [0.717, 1.165) is 30.3 Å². The van der Waals surface area contributed by atoms with Crippen LogP contribution in [0.25, 0.3) is 0 Å². The van der Waals surface area contributed by atoms with Crippen molar-refractivity contribution < 1.29 is 9.59 Å². The first kappa shape index (κ1) is 15.3. The van der Waals surface area contributed by atoms with Crippen molar-refractivity contribution in [1.82, 2.24) is 14.8 Å². The standard InChI is InChI=1S/C16H21N3O2S/c20-15-5-4-13(16(21)18-7-9-22-10-8-18)11-19(15)12-14-3-1-2-6-17-14/h1-3,6,13H,4-5,7-12H2/t13-/m0/s1. The predicted molar refractivity (Wildman–Crippen MR) is 86.3 cm³/mol. The Morgan fingerprint density at radius 3 is 2.86 bits per heavy atom. The molecule has 0 spiro atoms. The Hall–Kier alpha value is -1.56. The summed E-state index contributed by atoms with van der Waals surface area (Å²) in [6.07, 6.45) is 2.88. The minimum Gasteiger partial charge on any atom is -0.341 e. The molecule has 0 radical (unpaired) electrons. The zero-order valence-electron chi connectivity index (χ0n) is 12.6. The van der Waals surface area contributed by atoms with E-state index in [2.05, 4.69) is 4.98 Å². The third-order valence-electron chi connectivity index (χ3n) is 4.25. The molecule has 0 saturated carbocycles. The predicted octanol–water partition coefficient (Wildman–Crippen LogP) is 1.40. The van der Waals surface area contributed by atoms with E-state index >= 15 is 0 Å². The van der Waals surface area contributed by atoms with Gasteiger partial charge in [0, 0.05) is 43.8 Å². The molecule has 3 heterocycles. The van der Waals surface area contributed by atoms with E-state index in [1.54, 1.807) is 11.1 Å². The summed E-state index contributed by atoms with van der Waals surface area (Å²) in [5, 5.41) is 0. The second kappa shape index (κ2) is 7.13. The lowest BCUT2D eigenvalue weighted by Crippen LogP contribution is -2.48. The van der Waals surface area contributed by atoms with E-state index < -0.39 is 0 Å². The Morgan fingerprint density at radius 2 is 2.14 bits per heavy atom. The summed E-state index contributed by atoms with van der Waals surface area (Å²) in [5.41, 5.74) is 0.873. The first-order valence-electron chi connectivity index (χ1n) is 7.78. The summed E-state index contributed by atoms with van der Waals surface area (Å²) in [4.78, 5) is 32.8. The van der Waals surface area contributed by atoms with E-state index in [-0.39, 0.29) is 17.7 Å². The van der Waals surface area contributed by atoms with Gasteiger partial charge in [-0.1, -0.05) is 6.07 Å². The summed E-state index contributed by atoms with van der Waals surface area (Å²) in [6.45, 7) is 2.71. The van der Waals surface area contributed by atoms with Crippen LogP contribution in [0.3, 0.4) is 0 Å². The van der Waals surface area contributed by atoms with Crippen LogP contribution in [0.15, 0.2) is 24.4 Å². The van der Waals surface area contributed by atoms with Crippen LogP contribution in [0.2, 0.25) is 0 Å². The smallest absolute Gasteiger partial charge is 0.227 e. The molecule has 0 aromatic carbocycles. The van der Waals surface area contributed by atoms with E-state index in [1.807, 2.05) is 34.9 Å². The molecule has 2 aliphatic heterocycles. The summed E-state index contributed by atoms with van der Waals surface area (Å²) in [6, 6.07) is 5.70. The van der Waals surface area contributed by atoms with Gasteiger partial charge in [-0.05, 0) is 18.6 Å². The lowest BCUT2D eigenvalue weighted by atomic mass is 9.95. The second-order valence-corrected chi connectivity index (χ2v) is 6.99. The van der Waals surface area contributed by atoms with Gasteiger partial charge < -0.3 is 9.80 Å². The average Bonchev–Trinajstić information content (AvgIpc) is 2.58. The van der Waals surface area contributed by atoms with Crippen LogP contribution in [0.1, 0.15) is 18.5 Å². The molecule has 5 nitrogen and oxygen atoms in total. The number of carbonyl (C=O) groups is 2. The molecule has 0 unspecified atom stereocenters. The maximum absolute atomic E-state index is 12.6. The fraction of sp³-hybridized carbons (Fsp3) is 0.562. The maximum atomic E-state index is 12.6. The number of aromatic nitrogens is 1. The molecular formula is C16H21N3O2S. The Kier molecular flexibility index (Phi) is 4.97. The summed E-state index contributed by atoms with van der Waals surface area (Å²) >= 11 is 1.90. The molecular weight excluding hydrogens is 298 g/mol. The number of nitrogens with zero attached hydrogens (tertiary/aromatic N) is 3. The summed E-state index contributed by atoms with van der Waals surface area (Å²) in [5.74, 6) is 2.34. The first-order chi connectivity index (χ1) is 10.7. The molecule has 2 amide bonds. The Balaban J connectivity index is 1.62. The molecule has 22 heavy (non-hydrogen) atoms. The highest BCUT2D eigenvalue weighted by Crippen LogP contribution is 2.22. The Labute approximate surface area is 135 Å². The molecule has 2 aliphatic rings. The average molecular weight is 319 g/mol. The van der Waals surface area contributed by atoms with Gasteiger partial charge in [-0.25, -0.2) is 0 Å². The third-order valence-corrected chi connectivity index (χ3v) is 5.19. The van der Waals surface area contributed by atoms with Crippen molar-refractivity contribution in [2.45, 2.75) is 19.4 Å². The zero-order chi connectivity index (χ0) is 15.4. The molecule has 118 valence electrons. The summed E-state index contributed by atoms with van der Waals surface area (Å²) < 4.78 is 0. The molecule has 0 bridgehead atoms. The van der Waals surface area contributed by atoms with Gasteiger partial charge >= 0.3 is 0 Å².